The Morgan fingerprint density at radius 3 is 2.93 bits per heavy atom. The Bertz CT molecular complexity index is 399. The van der Waals surface area contributed by atoms with Crippen LogP contribution in [-0.2, 0) is 7.05 Å². The first kappa shape index (κ1) is 10.1. The summed E-state index contributed by atoms with van der Waals surface area (Å²) in [6.45, 7) is 0. The van der Waals surface area contributed by atoms with E-state index >= 15 is 0 Å². The van der Waals surface area contributed by atoms with Crippen molar-refractivity contribution in [2.24, 2.45) is 7.05 Å². The fraction of sp³-hybridized carbons (Fsp3) is 0.250. The summed E-state index contributed by atoms with van der Waals surface area (Å²) in [6.07, 6.45) is 0.772. The molecule has 1 N–H and O–H groups in total. The number of aliphatic hydroxyl groups is 1. The Kier molecular flexibility index (Phi) is 2.84. The molecule has 0 aliphatic carbocycles. The summed E-state index contributed by atoms with van der Waals surface area (Å²) in [7, 11) is 1.77. The average Bonchev–Trinajstić information content (AvgIpc) is 2.73. The highest BCUT2D eigenvalue weighted by Crippen LogP contribution is 2.29. The molecule has 0 radical (unpaired) electrons. The van der Waals surface area contributed by atoms with Gasteiger partial charge in [0.05, 0.1) is 4.88 Å². The van der Waals surface area contributed by atoms with Gasteiger partial charge < -0.3 is 5.11 Å². The van der Waals surface area contributed by atoms with E-state index in [9.17, 15) is 5.11 Å². The molecule has 0 spiro atoms. The maximum absolute atomic E-state index is 10.0. The number of thiophene rings is 1. The van der Waals surface area contributed by atoms with Crippen molar-refractivity contribution in [3.63, 3.8) is 0 Å². The van der Waals surface area contributed by atoms with E-state index in [1.54, 1.807) is 11.7 Å². The number of aryl methyl sites for hydroxylation is 1. The van der Waals surface area contributed by atoms with E-state index < -0.39 is 6.10 Å². The molecule has 6 heteroatoms. The molecule has 2 heterocycles. The third kappa shape index (κ3) is 1.69. The third-order valence-corrected chi connectivity index (χ3v) is 4.16. The summed E-state index contributed by atoms with van der Waals surface area (Å²) in [6, 6.07) is 1.97. The highest BCUT2D eigenvalue weighted by Gasteiger charge is 2.19. The highest BCUT2D eigenvalue weighted by atomic mass is 127. The van der Waals surface area contributed by atoms with Gasteiger partial charge in [-0.3, -0.25) is 4.68 Å². The molecule has 2 aromatic rings. The van der Waals surface area contributed by atoms with Gasteiger partial charge in [-0.25, -0.2) is 4.98 Å². The maximum Gasteiger partial charge on any atom is 0.160 e. The van der Waals surface area contributed by atoms with Crippen molar-refractivity contribution in [2.75, 3.05) is 0 Å². The molecule has 0 amide bonds. The summed E-state index contributed by atoms with van der Waals surface area (Å²) in [5.74, 6) is 0.574. The van der Waals surface area contributed by atoms with Crippen molar-refractivity contribution in [3.8, 4) is 0 Å². The molecule has 0 saturated heterocycles. The van der Waals surface area contributed by atoms with E-state index in [1.807, 2.05) is 11.4 Å². The number of rotatable bonds is 2. The third-order valence-electron chi connectivity index (χ3n) is 1.88. The summed E-state index contributed by atoms with van der Waals surface area (Å²) in [5, 5.41) is 15.9. The van der Waals surface area contributed by atoms with Crippen LogP contribution in [0.25, 0.3) is 0 Å². The fourth-order valence-corrected chi connectivity index (χ4v) is 3.04. The zero-order chi connectivity index (χ0) is 10.1. The molecule has 0 aliphatic heterocycles. The van der Waals surface area contributed by atoms with E-state index in [4.69, 9.17) is 0 Å². The van der Waals surface area contributed by atoms with Gasteiger partial charge >= 0.3 is 0 Å². The van der Waals surface area contributed by atoms with Crippen LogP contribution in [0, 0.1) is 3.57 Å². The molecular weight excluding hydrogens is 313 g/mol. The molecule has 1 unspecified atom stereocenters. The Balaban J connectivity index is 2.38. The average molecular weight is 321 g/mol. The predicted octanol–water partition coefficient (Wildman–Crippen LogP) is 1.56. The minimum atomic E-state index is -0.672. The van der Waals surface area contributed by atoms with Crippen LogP contribution < -0.4 is 0 Å². The first-order chi connectivity index (χ1) is 6.70. The number of hydrogen-bond acceptors (Lipinski definition) is 4. The Morgan fingerprint density at radius 1 is 1.64 bits per heavy atom. The van der Waals surface area contributed by atoms with Gasteiger partial charge in [0.15, 0.2) is 5.82 Å². The van der Waals surface area contributed by atoms with E-state index in [-0.39, 0.29) is 0 Å². The second-order valence-corrected chi connectivity index (χ2v) is 4.89. The van der Waals surface area contributed by atoms with Crippen LogP contribution in [-0.4, -0.2) is 19.9 Å². The molecule has 4 nitrogen and oxygen atoms in total. The molecule has 0 aliphatic rings. The van der Waals surface area contributed by atoms with Gasteiger partial charge in [0.1, 0.15) is 12.4 Å². The van der Waals surface area contributed by atoms with Gasteiger partial charge in [-0.15, -0.1) is 11.3 Å². The summed E-state index contributed by atoms with van der Waals surface area (Å²) >= 11 is 3.73. The lowest BCUT2D eigenvalue weighted by Crippen LogP contribution is -2.07. The van der Waals surface area contributed by atoms with Gasteiger partial charge in [0.25, 0.3) is 0 Å². The summed E-state index contributed by atoms with van der Waals surface area (Å²) < 4.78 is 2.64. The molecule has 0 saturated carbocycles. The van der Waals surface area contributed by atoms with Gasteiger partial charge in [0, 0.05) is 10.6 Å². The lowest BCUT2D eigenvalue weighted by molar-refractivity contribution is 0.207. The number of nitrogens with zero attached hydrogens (tertiary/aromatic N) is 3. The normalized spacial score (nSPS) is 13.1. The second-order valence-electron chi connectivity index (χ2n) is 2.78. The van der Waals surface area contributed by atoms with E-state index in [1.165, 1.54) is 17.7 Å². The molecule has 14 heavy (non-hydrogen) atoms. The van der Waals surface area contributed by atoms with Crippen LogP contribution in [0.3, 0.4) is 0 Å². The molecule has 2 rings (SSSR count). The zero-order valence-electron chi connectivity index (χ0n) is 7.38. The maximum atomic E-state index is 10.0. The Labute approximate surface area is 98.7 Å². The lowest BCUT2D eigenvalue weighted by atomic mass is 10.3. The molecular formula is C8H8IN3OS. The van der Waals surface area contributed by atoms with Crippen LogP contribution in [0.1, 0.15) is 16.8 Å². The van der Waals surface area contributed by atoms with Crippen LogP contribution >= 0.6 is 33.9 Å². The van der Waals surface area contributed by atoms with E-state index in [2.05, 4.69) is 32.7 Å². The van der Waals surface area contributed by atoms with Gasteiger partial charge in [-0.05, 0) is 34.0 Å². The first-order valence-electron chi connectivity index (χ1n) is 3.95. The van der Waals surface area contributed by atoms with E-state index in [0.29, 0.717) is 5.82 Å². The molecule has 2 aromatic heterocycles. The van der Waals surface area contributed by atoms with Gasteiger partial charge in [0.2, 0.25) is 0 Å². The number of hydrogen-bond donors (Lipinski definition) is 1. The monoisotopic (exact) mass is 321 g/mol. The van der Waals surface area contributed by atoms with Crippen LogP contribution in [0.4, 0.5) is 0 Å². The van der Waals surface area contributed by atoms with Crippen molar-refractivity contribution in [2.45, 2.75) is 6.10 Å². The number of halogens is 1. The van der Waals surface area contributed by atoms with Crippen molar-refractivity contribution >= 4 is 33.9 Å². The van der Waals surface area contributed by atoms with Crippen molar-refractivity contribution in [1.29, 1.82) is 0 Å². The molecule has 1 atom stereocenters. The lowest BCUT2D eigenvalue weighted by Gasteiger charge is -2.07. The summed E-state index contributed by atoms with van der Waals surface area (Å²) in [4.78, 5) is 4.94. The standard InChI is InChI=1S/C8H8IN3OS/c1-12-8(10-4-11-12)6(13)7-5(9)2-3-14-7/h2-4,6,13H,1H3. The van der Waals surface area contributed by atoms with Crippen LogP contribution in [0.5, 0.6) is 0 Å². The first-order valence-corrected chi connectivity index (χ1v) is 5.91. The van der Waals surface area contributed by atoms with E-state index in [0.717, 1.165) is 8.45 Å². The molecule has 74 valence electrons. The minimum absolute atomic E-state index is 0.574. The minimum Gasteiger partial charge on any atom is -0.379 e. The number of aromatic nitrogens is 3. The SMILES string of the molecule is Cn1ncnc1C(O)c1sccc1I. The molecule has 0 aromatic carbocycles. The second kappa shape index (κ2) is 3.95. The summed E-state index contributed by atoms with van der Waals surface area (Å²) in [5.41, 5.74) is 0. The molecule has 0 fully saturated rings. The van der Waals surface area contributed by atoms with Gasteiger partial charge in [-0.1, -0.05) is 0 Å². The van der Waals surface area contributed by atoms with Crippen molar-refractivity contribution in [3.05, 3.63) is 32.0 Å². The quantitative estimate of drug-likeness (QED) is 0.854. The Morgan fingerprint density at radius 2 is 2.43 bits per heavy atom. The topological polar surface area (TPSA) is 50.9 Å². The molecule has 0 bridgehead atoms. The van der Waals surface area contributed by atoms with Crippen molar-refractivity contribution < 1.29 is 5.11 Å². The Hall–Kier alpha value is -0.470. The highest BCUT2D eigenvalue weighted by molar-refractivity contribution is 14.1. The van der Waals surface area contributed by atoms with Crippen LogP contribution in [0.2, 0.25) is 0 Å². The number of aliphatic hydroxyl groups excluding tert-OH is 1. The van der Waals surface area contributed by atoms with Crippen LogP contribution in [0.15, 0.2) is 17.8 Å². The largest absolute Gasteiger partial charge is 0.379 e. The van der Waals surface area contributed by atoms with Crippen molar-refractivity contribution in [1.82, 2.24) is 14.8 Å². The fourth-order valence-electron chi connectivity index (χ4n) is 1.17. The van der Waals surface area contributed by atoms with Gasteiger partial charge in [-0.2, -0.15) is 5.10 Å². The zero-order valence-corrected chi connectivity index (χ0v) is 10.4. The predicted molar refractivity (Wildman–Crippen MR) is 62.1 cm³/mol. The smallest absolute Gasteiger partial charge is 0.160 e.